The van der Waals surface area contributed by atoms with Gasteiger partial charge in [0.05, 0.1) is 6.61 Å². The van der Waals surface area contributed by atoms with Gasteiger partial charge in [0, 0.05) is 17.8 Å². The van der Waals surface area contributed by atoms with E-state index in [1.54, 1.807) is 6.20 Å². The van der Waals surface area contributed by atoms with E-state index >= 15 is 0 Å². The Hall–Kier alpha value is -1.67. The number of aryl methyl sites for hydroxylation is 1. The highest BCUT2D eigenvalue weighted by molar-refractivity contribution is 5.31. The van der Waals surface area contributed by atoms with Crippen LogP contribution in [0.2, 0.25) is 0 Å². The summed E-state index contributed by atoms with van der Waals surface area (Å²) in [6.07, 6.45) is 4.43. The first kappa shape index (κ1) is 12.8. The van der Waals surface area contributed by atoms with Crippen LogP contribution in [-0.4, -0.2) is 16.7 Å². The molecule has 1 N–H and O–H groups in total. The van der Waals surface area contributed by atoms with E-state index in [1.807, 2.05) is 18.3 Å². The predicted octanol–water partition coefficient (Wildman–Crippen LogP) is 2.88. The molecule has 1 aromatic heterocycles. The molecule has 1 heterocycles. The lowest BCUT2D eigenvalue weighted by atomic mass is 9.78. The summed E-state index contributed by atoms with van der Waals surface area (Å²) in [5, 5.41) is 9.77. The van der Waals surface area contributed by atoms with Gasteiger partial charge < -0.3 is 5.11 Å². The second-order valence-corrected chi connectivity index (χ2v) is 5.13. The lowest BCUT2D eigenvalue weighted by Gasteiger charge is -2.28. The van der Waals surface area contributed by atoms with Crippen LogP contribution >= 0.6 is 0 Å². The summed E-state index contributed by atoms with van der Waals surface area (Å²) in [6, 6.07) is 12.3. The molecule has 1 unspecified atom stereocenters. The molecule has 0 aliphatic rings. The molecule has 0 amide bonds. The molecule has 0 saturated carbocycles. The standard InChI is InChI=1S/C16H19NO/c1-13-5-3-7-15(9-13)16(2,12-18)10-14-6-4-8-17-11-14/h3-9,11,18H,10,12H2,1-2H3. The molecule has 2 heteroatoms. The normalized spacial score (nSPS) is 14.2. The van der Waals surface area contributed by atoms with Crippen molar-refractivity contribution in [3.63, 3.8) is 0 Å². The minimum Gasteiger partial charge on any atom is -0.395 e. The van der Waals surface area contributed by atoms with Gasteiger partial charge >= 0.3 is 0 Å². The smallest absolute Gasteiger partial charge is 0.0528 e. The van der Waals surface area contributed by atoms with Gasteiger partial charge in [-0.2, -0.15) is 0 Å². The molecular weight excluding hydrogens is 222 g/mol. The zero-order valence-corrected chi connectivity index (χ0v) is 10.9. The lowest BCUT2D eigenvalue weighted by Crippen LogP contribution is -2.29. The van der Waals surface area contributed by atoms with Gasteiger partial charge in [0.25, 0.3) is 0 Å². The van der Waals surface area contributed by atoms with Gasteiger partial charge in [0.15, 0.2) is 0 Å². The minimum atomic E-state index is -0.255. The third-order valence-corrected chi connectivity index (χ3v) is 3.38. The fraction of sp³-hybridized carbons (Fsp3) is 0.312. The monoisotopic (exact) mass is 241 g/mol. The van der Waals surface area contributed by atoms with E-state index in [9.17, 15) is 5.11 Å². The van der Waals surface area contributed by atoms with Crippen molar-refractivity contribution in [2.45, 2.75) is 25.7 Å². The van der Waals surface area contributed by atoms with Crippen LogP contribution in [0.25, 0.3) is 0 Å². The largest absolute Gasteiger partial charge is 0.395 e. The van der Waals surface area contributed by atoms with Crippen molar-refractivity contribution < 1.29 is 5.11 Å². The topological polar surface area (TPSA) is 33.1 Å². The van der Waals surface area contributed by atoms with E-state index in [1.165, 1.54) is 11.1 Å². The Balaban J connectivity index is 2.31. The summed E-state index contributed by atoms with van der Waals surface area (Å²) < 4.78 is 0. The second-order valence-electron chi connectivity index (χ2n) is 5.13. The molecule has 0 spiro atoms. The maximum absolute atomic E-state index is 9.77. The third-order valence-electron chi connectivity index (χ3n) is 3.38. The molecule has 0 bridgehead atoms. The third kappa shape index (κ3) is 2.77. The minimum absolute atomic E-state index is 0.130. The van der Waals surface area contributed by atoms with Gasteiger partial charge in [-0.15, -0.1) is 0 Å². The van der Waals surface area contributed by atoms with E-state index in [0.29, 0.717) is 0 Å². The Labute approximate surface area is 108 Å². The van der Waals surface area contributed by atoms with Gasteiger partial charge in [0.2, 0.25) is 0 Å². The van der Waals surface area contributed by atoms with E-state index in [-0.39, 0.29) is 12.0 Å². The van der Waals surface area contributed by atoms with Gasteiger partial charge in [-0.3, -0.25) is 4.98 Å². The number of benzene rings is 1. The Morgan fingerprint density at radius 2 is 2.06 bits per heavy atom. The van der Waals surface area contributed by atoms with Crippen molar-refractivity contribution in [2.75, 3.05) is 6.61 Å². The lowest BCUT2D eigenvalue weighted by molar-refractivity contribution is 0.204. The van der Waals surface area contributed by atoms with Gasteiger partial charge in [0.1, 0.15) is 0 Å². The van der Waals surface area contributed by atoms with Crippen LogP contribution in [0.15, 0.2) is 48.8 Å². The van der Waals surface area contributed by atoms with Crippen LogP contribution in [-0.2, 0) is 11.8 Å². The molecule has 2 nitrogen and oxygen atoms in total. The number of nitrogens with zero attached hydrogens (tertiary/aromatic N) is 1. The summed E-state index contributed by atoms with van der Waals surface area (Å²) in [4.78, 5) is 4.13. The van der Waals surface area contributed by atoms with E-state index < -0.39 is 0 Å². The highest BCUT2D eigenvalue weighted by atomic mass is 16.3. The summed E-state index contributed by atoms with van der Waals surface area (Å²) in [5.41, 5.74) is 3.29. The molecule has 0 fully saturated rings. The second kappa shape index (κ2) is 5.32. The Kier molecular flexibility index (Phi) is 3.78. The van der Waals surface area contributed by atoms with E-state index in [0.717, 1.165) is 12.0 Å². The van der Waals surface area contributed by atoms with Crippen LogP contribution in [0.1, 0.15) is 23.6 Å². The van der Waals surface area contributed by atoms with Crippen molar-refractivity contribution >= 4 is 0 Å². The summed E-state index contributed by atoms with van der Waals surface area (Å²) >= 11 is 0. The Morgan fingerprint density at radius 3 is 2.67 bits per heavy atom. The fourth-order valence-corrected chi connectivity index (χ4v) is 2.22. The maximum atomic E-state index is 9.77. The molecule has 18 heavy (non-hydrogen) atoms. The number of hydrogen-bond donors (Lipinski definition) is 1. The molecule has 0 saturated heterocycles. The SMILES string of the molecule is Cc1cccc(C(C)(CO)Cc2cccnc2)c1. The molecule has 2 rings (SSSR count). The molecule has 2 aromatic rings. The number of hydrogen-bond acceptors (Lipinski definition) is 2. The van der Waals surface area contributed by atoms with Crippen LogP contribution in [0.5, 0.6) is 0 Å². The number of rotatable bonds is 4. The van der Waals surface area contributed by atoms with E-state index in [2.05, 4.69) is 43.1 Å². The van der Waals surface area contributed by atoms with Crippen molar-refractivity contribution in [2.24, 2.45) is 0 Å². The van der Waals surface area contributed by atoms with Crippen LogP contribution in [0.3, 0.4) is 0 Å². The Morgan fingerprint density at radius 1 is 1.22 bits per heavy atom. The van der Waals surface area contributed by atoms with Crippen LogP contribution < -0.4 is 0 Å². The molecule has 0 aliphatic heterocycles. The van der Waals surface area contributed by atoms with Crippen LogP contribution in [0, 0.1) is 6.92 Å². The first-order valence-electron chi connectivity index (χ1n) is 6.21. The zero-order chi connectivity index (χ0) is 13.0. The zero-order valence-electron chi connectivity index (χ0n) is 10.9. The van der Waals surface area contributed by atoms with Crippen molar-refractivity contribution in [3.8, 4) is 0 Å². The van der Waals surface area contributed by atoms with Gasteiger partial charge in [-0.1, -0.05) is 42.8 Å². The molecule has 1 atom stereocenters. The molecule has 0 radical (unpaired) electrons. The quantitative estimate of drug-likeness (QED) is 0.893. The average Bonchev–Trinajstić information content (AvgIpc) is 2.40. The molecule has 0 aliphatic carbocycles. The predicted molar refractivity (Wildman–Crippen MR) is 73.6 cm³/mol. The summed E-state index contributed by atoms with van der Waals surface area (Å²) in [6.45, 7) is 4.30. The maximum Gasteiger partial charge on any atom is 0.0528 e. The molecule has 1 aromatic carbocycles. The number of aromatic nitrogens is 1. The van der Waals surface area contributed by atoms with Crippen molar-refractivity contribution in [1.82, 2.24) is 4.98 Å². The molecular formula is C16H19NO. The van der Waals surface area contributed by atoms with Crippen molar-refractivity contribution in [3.05, 3.63) is 65.5 Å². The first-order valence-corrected chi connectivity index (χ1v) is 6.21. The fourth-order valence-electron chi connectivity index (χ4n) is 2.22. The Bertz CT molecular complexity index is 510. The number of aliphatic hydroxyl groups is 1. The highest BCUT2D eigenvalue weighted by Gasteiger charge is 2.26. The average molecular weight is 241 g/mol. The molecule has 94 valence electrons. The highest BCUT2D eigenvalue weighted by Crippen LogP contribution is 2.28. The van der Waals surface area contributed by atoms with Gasteiger partial charge in [-0.25, -0.2) is 0 Å². The number of aliphatic hydroxyl groups excluding tert-OH is 1. The van der Waals surface area contributed by atoms with Gasteiger partial charge in [-0.05, 0) is 30.5 Å². The summed E-state index contributed by atoms with van der Waals surface area (Å²) in [7, 11) is 0. The van der Waals surface area contributed by atoms with Crippen LogP contribution in [0.4, 0.5) is 0 Å². The summed E-state index contributed by atoms with van der Waals surface area (Å²) in [5.74, 6) is 0. The first-order chi connectivity index (χ1) is 8.64. The number of pyridine rings is 1. The van der Waals surface area contributed by atoms with E-state index in [4.69, 9.17) is 0 Å². The van der Waals surface area contributed by atoms with Crippen molar-refractivity contribution in [1.29, 1.82) is 0 Å².